The average Bonchev–Trinajstić information content (AvgIpc) is 3.04. The first-order valence-electron chi connectivity index (χ1n) is 7.11. The van der Waals surface area contributed by atoms with Gasteiger partial charge in [-0.25, -0.2) is 0 Å². The van der Waals surface area contributed by atoms with Crippen LogP contribution in [-0.2, 0) is 0 Å². The Morgan fingerprint density at radius 1 is 1.00 bits per heavy atom. The van der Waals surface area contributed by atoms with Crippen molar-refractivity contribution in [2.45, 2.75) is 6.04 Å². The fourth-order valence-corrected chi connectivity index (χ4v) is 4.77. The number of benzene rings is 2. The molecule has 1 atom stereocenters. The van der Waals surface area contributed by atoms with E-state index in [0.717, 1.165) is 5.70 Å². The Bertz CT molecular complexity index is 974. The van der Waals surface area contributed by atoms with Crippen molar-refractivity contribution in [2.24, 2.45) is 0 Å². The van der Waals surface area contributed by atoms with Crippen LogP contribution in [0.15, 0.2) is 67.4 Å². The van der Waals surface area contributed by atoms with Crippen molar-refractivity contribution in [3.8, 4) is 0 Å². The predicted molar refractivity (Wildman–Crippen MR) is 91.2 cm³/mol. The minimum absolute atomic E-state index is 0.300. The number of rotatable bonds is 0. The van der Waals surface area contributed by atoms with Crippen molar-refractivity contribution in [1.82, 2.24) is 4.90 Å². The fourth-order valence-electron chi connectivity index (χ4n) is 3.48. The van der Waals surface area contributed by atoms with Gasteiger partial charge in [-0.1, -0.05) is 49.1 Å². The fraction of sp³-hybridized carbons (Fsp3) is 0.0526. The highest BCUT2D eigenvalue weighted by atomic mass is 32.1. The summed E-state index contributed by atoms with van der Waals surface area (Å²) in [5.74, 6) is 0. The molecule has 3 aromatic rings. The van der Waals surface area contributed by atoms with Gasteiger partial charge in [-0.05, 0) is 12.1 Å². The topological polar surface area (TPSA) is 3.24 Å². The van der Waals surface area contributed by atoms with Crippen molar-refractivity contribution < 1.29 is 0 Å². The van der Waals surface area contributed by atoms with Crippen LogP contribution in [0.3, 0.4) is 0 Å². The number of fused-ring (bicyclic) bond motifs is 7. The van der Waals surface area contributed by atoms with Crippen LogP contribution < -0.4 is 0 Å². The highest BCUT2D eigenvalue weighted by molar-refractivity contribution is 7.26. The quantitative estimate of drug-likeness (QED) is 0.530. The molecule has 0 amide bonds. The number of hydrogen-bond donors (Lipinski definition) is 0. The molecule has 2 aromatic carbocycles. The van der Waals surface area contributed by atoms with Gasteiger partial charge < -0.3 is 4.90 Å². The van der Waals surface area contributed by atoms with Gasteiger partial charge in [0.1, 0.15) is 0 Å². The molecule has 0 N–H and O–H groups in total. The minimum Gasteiger partial charge on any atom is -0.337 e. The van der Waals surface area contributed by atoms with Crippen LogP contribution >= 0.6 is 11.3 Å². The molecule has 0 radical (unpaired) electrons. The van der Waals surface area contributed by atoms with Crippen molar-refractivity contribution in [1.29, 1.82) is 0 Å². The summed E-state index contributed by atoms with van der Waals surface area (Å²) in [6, 6.07) is 13.5. The lowest BCUT2D eigenvalue weighted by molar-refractivity contribution is 0.485. The number of hydrogen-bond acceptors (Lipinski definition) is 2. The molecule has 0 saturated heterocycles. The molecule has 1 aromatic heterocycles. The van der Waals surface area contributed by atoms with Gasteiger partial charge in [-0.2, -0.15) is 0 Å². The van der Waals surface area contributed by atoms with E-state index in [1.54, 1.807) is 0 Å². The molecule has 21 heavy (non-hydrogen) atoms. The second kappa shape index (κ2) is 3.86. The standard InChI is InChI=1S/C19H13NS/c1-12-13-9-10-15-14-6-2-3-8-17(14)21-19(15)18(13)16-7-4-5-11-20(12)16/h2-11,16H,1H2. The SMILES string of the molecule is C=C1c2ccc3c(sc4ccccc43)c2C2C=CC=CN12. The first-order chi connectivity index (χ1) is 10.3. The van der Waals surface area contributed by atoms with E-state index in [9.17, 15) is 0 Å². The molecule has 3 heterocycles. The Kier molecular flexibility index (Phi) is 2.09. The lowest BCUT2D eigenvalue weighted by Crippen LogP contribution is -2.14. The van der Waals surface area contributed by atoms with Gasteiger partial charge in [0.25, 0.3) is 0 Å². The zero-order chi connectivity index (χ0) is 14.0. The van der Waals surface area contributed by atoms with Crippen LogP contribution in [0.5, 0.6) is 0 Å². The van der Waals surface area contributed by atoms with E-state index in [0.29, 0.717) is 6.04 Å². The number of allylic oxidation sites excluding steroid dienone is 2. The van der Waals surface area contributed by atoms with Crippen molar-refractivity contribution in [3.05, 3.63) is 78.5 Å². The van der Waals surface area contributed by atoms with E-state index in [1.165, 1.54) is 31.3 Å². The van der Waals surface area contributed by atoms with Crippen LogP contribution in [0.4, 0.5) is 0 Å². The Morgan fingerprint density at radius 3 is 2.86 bits per heavy atom. The first-order valence-corrected chi connectivity index (χ1v) is 7.93. The molecule has 1 nitrogen and oxygen atoms in total. The lowest BCUT2D eigenvalue weighted by Gasteiger charge is -2.23. The molecular weight excluding hydrogens is 274 g/mol. The third-order valence-electron chi connectivity index (χ3n) is 4.45. The summed E-state index contributed by atoms with van der Waals surface area (Å²) in [6.45, 7) is 4.29. The molecule has 0 saturated carbocycles. The van der Waals surface area contributed by atoms with Crippen molar-refractivity contribution in [2.75, 3.05) is 0 Å². The van der Waals surface area contributed by atoms with Crippen LogP contribution in [0.25, 0.3) is 25.9 Å². The highest BCUT2D eigenvalue weighted by Crippen LogP contribution is 2.49. The summed E-state index contributed by atoms with van der Waals surface area (Å²) in [5, 5.41) is 2.73. The number of nitrogens with zero attached hydrogens (tertiary/aromatic N) is 1. The molecule has 5 rings (SSSR count). The van der Waals surface area contributed by atoms with Crippen LogP contribution in [0.1, 0.15) is 17.2 Å². The maximum atomic E-state index is 4.29. The molecule has 100 valence electrons. The van der Waals surface area contributed by atoms with Crippen LogP contribution in [0.2, 0.25) is 0 Å². The highest BCUT2D eigenvalue weighted by Gasteiger charge is 2.33. The van der Waals surface area contributed by atoms with Gasteiger partial charge in [0.2, 0.25) is 0 Å². The second-order valence-corrected chi connectivity index (χ2v) is 6.58. The van der Waals surface area contributed by atoms with Gasteiger partial charge in [-0.3, -0.25) is 0 Å². The normalized spacial score (nSPS) is 19.5. The van der Waals surface area contributed by atoms with E-state index < -0.39 is 0 Å². The molecule has 2 aliphatic heterocycles. The zero-order valence-electron chi connectivity index (χ0n) is 11.4. The van der Waals surface area contributed by atoms with Crippen molar-refractivity contribution in [3.63, 3.8) is 0 Å². The second-order valence-electron chi connectivity index (χ2n) is 5.53. The summed E-state index contributed by atoms with van der Waals surface area (Å²) in [5.41, 5.74) is 3.81. The van der Waals surface area contributed by atoms with E-state index in [4.69, 9.17) is 0 Å². The minimum atomic E-state index is 0.300. The van der Waals surface area contributed by atoms with Gasteiger partial charge in [0.15, 0.2) is 0 Å². The molecular formula is C19H13NS. The monoisotopic (exact) mass is 287 g/mol. The lowest BCUT2D eigenvalue weighted by atomic mass is 10.00. The first kappa shape index (κ1) is 11.4. The largest absolute Gasteiger partial charge is 0.337 e. The molecule has 0 bridgehead atoms. The summed E-state index contributed by atoms with van der Waals surface area (Å²) in [6.07, 6.45) is 8.61. The maximum Gasteiger partial charge on any atom is 0.0793 e. The van der Waals surface area contributed by atoms with Crippen LogP contribution in [-0.4, -0.2) is 4.90 Å². The molecule has 0 fully saturated rings. The smallest absolute Gasteiger partial charge is 0.0793 e. The number of thiophene rings is 1. The van der Waals surface area contributed by atoms with Gasteiger partial charge in [-0.15, -0.1) is 11.3 Å². The molecule has 2 heteroatoms. The molecule has 0 aliphatic carbocycles. The van der Waals surface area contributed by atoms with E-state index >= 15 is 0 Å². The summed E-state index contributed by atoms with van der Waals surface area (Å²) >= 11 is 1.90. The van der Waals surface area contributed by atoms with Gasteiger partial charge >= 0.3 is 0 Å². The van der Waals surface area contributed by atoms with Crippen molar-refractivity contribution >= 4 is 37.2 Å². The Balaban J connectivity index is 1.93. The Hall–Kier alpha value is -2.32. The Labute approximate surface area is 127 Å². The summed E-state index contributed by atoms with van der Waals surface area (Å²) in [4.78, 5) is 2.27. The van der Waals surface area contributed by atoms with Gasteiger partial charge in [0.05, 0.1) is 6.04 Å². The Morgan fingerprint density at radius 2 is 1.90 bits per heavy atom. The molecule has 2 aliphatic rings. The zero-order valence-corrected chi connectivity index (χ0v) is 12.2. The molecule has 0 spiro atoms. The average molecular weight is 287 g/mol. The van der Waals surface area contributed by atoms with Crippen LogP contribution in [0, 0.1) is 0 Å². The summed E-state index contributed by atoms with van der Waals surface area (Å²) in [7, 11) is 0. The van der Waals surface area contributed by atoms with Gasteiger partial charge in [0, 0.05) is 43.2 Å². The third kappa shape index (κ3) is 1.35. The summed E-state index contributed by atoms with van der Waals surface area (Å²) < 4.78 is 2.77. The maximum absolute atomic E-state index is 4.29. The predicted octanol–water partition coefficient (Wildman–Crippen LogP) is 5.47. The van der Waals surface area contributed by atoms with E-state index in [1.807, 2.05) is 11.3 Å². The van der Waals surface area contributed by atoms with E-state index in [-0.39, 0.29) is 0 Å². The third-order valence-corrected chi connectivity index (χ3v) is 5.67. The molecule has 1 unspecified atom stereocenters. The van der Waals surface area contributed by atoms with E-state index in [2.05, 4.69) is 72.3 Å².